The third-order valence-electron chi connectivity index (χ3n) is 5.88. The van der Waals surface area contributed by atoms with Crippen LogP contribution in [-0.4, -0.2) is 38.9 Å². The van der Waals surface area contributed by atoms with Crippen LogP contribution in [0.15, 0.2) is 48.7 Å². The monoisotopic (exact) mass is 511 g/mol. The standard InChI is InChI=1S/C25H23F2N5O3S/c1-13(29-21(34)10-14-8-16(26)11-17(27)9-14)23(35)30-18-4-2-15(3-5-18)19-12-32-22-20(33)6-7-28-24(22)36-25(32)31-19/h2-5,8-9,11-13,20,28,33H,6-7,10H2,1H3,(H,29,34)(H,30,35)/t13-,20?/m1/s1. The summed E-state index contributed by atoms with van der Waals surface area (Å²) in [5.41, 5.74) is 3.13. The van der Waals surface area contributed by atoms with Crippen LogP contribution in [0.3, 0.4) is 0 Å². The molecule has 8 nitrogen and oxygen atoms in total. The molecule has 0 aliphatic carbocycles. The number of benzene rings is 2. The van der Waals surface area contributed by atoms with E-state index in [0.29, 0.717) is 12.1 Å². The van der Waals surface area contributed by atoms with Gasteiger partial charge in [0, 0.05) is 30.1 Å². The number of rotatable bonds is 6. The Labute approximate surface area is 209 Å². The van der Waals surface area contributed by atoms with Crippen molar-refractivity contribution in [3.05, 3.63) is 71.6 Å². The molecule has 0 spiro atoms. The van der Waals surface area contributed by atoms with Gasteiger partial charge in [-0.2, -0.15) is 0 Å². The van der Waals surface area contributed by atoms with Crippen molar-refractivity contribution in [3.8, 4) is 11.3 Å². The Morgan fingerprint density at radius 1 is 1.22 bits per heavy atom. The highest BCUT2D eigenvalue weighted by molar-refractivity contribution is 7.21. The topological polar surface area (TPSA) is 108 Å². The largest absolute Gasteiger partial charge is 0.387 e. The maximum atomic E-state index is 13.3. The van der Waals surface area contributed by atoms with Gasteiger partial charge in [0.2, 0.25) is 11.8 Å². The van der Waals surface area contributed by atoms with E-state index in [2.05, 4.69) is 20.9 Å². The van der Waals surface area contributed by atoms with Crippen LogP contribution in [-0.2, 0) is 16.0 Å². The fourth-order valence-electron chi connectivity index (χ4n) is 4.13. The van der Waals surface area contributed by atoms with Gasteiger partial charge in [-0.3, -0.25) is 14.0 Å². The van der Waals surface area contributed by atoms with Gasteiger partial charge in [0.25, 0.3) is 0 Å². The quantitative estimate of drug-likeness (QED) is 0.314. The number of aromatic nitrogens is 2. The van der Waals surface area contributed by atoms with E-state index in [9.17, 15) is 23.5 Å². The molecule has 2 amide bonds. The molecule has 1 aliphatic heterocycles. The van der Waals surface area contributed by atoms with Crippen molar-refractivity contribution >= 4 is 38.8 Å². The molecule has 36 heavy (non-hydrogen) atoms. The number of aliphatic hydroxyl groups excluding tert-OH is 1. The van der Waals surface area contributed by atoms with E-state index in [1.165, 1.54) is 18.3 Å². The molecule has 4 aromatic rings. The zero-order chi connectivity index (χ0) is 25.4. The summed E-state index contributed by atoms with van der Waals surface area (Å²) in [7, 11) is 0. The minimum absolute atomic E-state index is 0.179. The predicted octanol–water partition coefficient (Wildman–Crippen LogP) is 3.88. The molecule has 1 unspecified atom stereocenters. The minimum Gasteiger partial charge on any atom is -0.387 e. The lowest BCUT2D eigenvalue weighted by atomic mass is 10.1. The maximum absolute atomic E-state index is 13.3. The molecule has 2 atom stereocenters. The summed E-state index contributed by atoms with van der Waals surface area (Å²) < 4.78 is 28.5. The van der Waals surface area contributed by atoms with Crippen molar-refractivity contribution in [2.45, 2.75) is 31.9 Å². The average molecular weight is 512 g/mol. The van der Waals surface area contributed by atoms with Crippen LogP contribution in [0.4, 0.5) is 19.5 Å². The SMILES string of the molecule is C[C@@H](NC(=O)Cc1cc(F)cc(F)c1)C(=O)Nc1ccc(-c2cn3c4c(sc3n2)NCCC4O)cc1. The third kappa shape index (κ3) is 4.93. The zero-order valence-corrected chi connectivity index (χ0v) is 20.0. The Balaban J connectivity index is 1.21. The number of carbonyl (C=O) groups excluding carboxylic acids is 2. The van der Waals surface area contributed by atoms with Gasteiger partial charge in [0.1, 0.15) is 22.7 Å². The summed E-state index contributed by atoms with van der Waals surface area (Å²) in [5.74, 6) is -2.50. The number of carbonyl (C=O) groups is 2. The molecule has 0 radical (unpaired) electrons. The number of aliphatic hydroxyl groups is 1. The van der Waals surface area contributed by atoms with E-state index >= 15 is 0 Å². The Hall–Kier alpha value is -3.83. The summed E-state index contributed by atoms with van der Waals surface area (Å²) in [6, 6.07) is 9.14. The van der Waals surface area contributed by atoms with E-state index in [0.717, 1.165) is 51.7 Å². The lowest BCUT2D eigenvalue weighted by Crippen LogP contribution is -2.42. The van der Waals surface area contributed by atoms with Gasteiger partial charge in [-0.15, -0.1) is 0 Å². The van der Waals surface area contributed by atoms with Crippen LogP contribution < -0.4 is 16.0 Å². The van der Waals surface area contributed by atoms with E-state index < -0.39 is 35.6 Å². The molecule has 4 N–H and O–H groups in total. The fourth-order valence-corrected chi connectivity index (χ4v) is 5.22. The Morgan fingerprint density at radius 3 is 2.67 bits per heavy atom. The van der Waals surface area contributed by atoms with E-state index in [-0.39, 0.29) is 12.0 Å². The lowest BCUT2D eigenvalue weighted by Gasteiger charge is -2.18. The van der Waals surface area contributed by atoms with Crippen LogP contribution in [0.1, 0.15) is 30.7 Å². The number of thiazole rings is 1. The first-order valence-corrected chi connectivity index (χ1v) is 12.2. The average Bonchev–Trinajstić information content (AvgIpc) is 3.37. The second-order valence-electron chi connectivity index (χ2n) is 8.64. The number of nitrogens with one attached hydrogen (secondary N) is 3. The van der Waals surface area contributed by atoms with Gasteiger partial charge >= 0.3 is 0 Å². The molecule has 5 rings (SSSR count). The van der Waals surface area contributed by atoms with E-state index in [4.69, 9.17) is 0 Å². The maximum Gasteiger partial charge on any atom is 0.246 e. The Kier molecular flexibility index (Phi) is 6.42. The third-order valence-corrected chi connectivity index (χ3v) is 6.91. The van der Waals surface area contributed by atoms with Gasteiger partial charge < -0.3 is 21.1 Å². The van der Waals surface area contributed by atoms with Crippen LogP contribution in [0, 0.1) is 11.6 Å². The molecule has 3 heterocycles. The van der Waals surface area contributed by atoms with Gasteiger partial charge in [-0.05, 0) is 43.2 Å². The normalized spacial score (nSPS) is 15.7. The van der Waals surface area contributed by atoms with Gasteiger partial charge in [0.05, 0.1) is 23.9 Å². The first-order valence-electron chi connectivity index (χ1n) is 11.4. The molecule has 0 saturated carbocycles. The van der Waals surface area contributed by atoms with Crippen molar-refractivity contribution in [3.63, 3.8) is 0 Å². The number of hydrogen-bond donors (Lipinski definition) is 4. The molecular weight excluding hydrogens is 488 g/mol. The second kappa shape index (κ2) is 9.67. The second-order valence-corrected chi connectivity index (χ2v) is 9.61. The molecule has 11 heteroatoms. The smallest absolute Gasteiger partial charge is 0.246 e. The fraction of sp³-hybridized carbons (Fsp3) is 0.240. The Morgan fingerprint density at radius 2 is 1.94 bits per heavy atom. The van der Waals surface area contributed by atoms with E-state index in [1.54, 1.807) is 12.1 Å². The molecule has 0 bridgehead atoms. The molecule has 0 saturated heterocycles. The zero-order valence-electron chi connectivity index (χ0n) is 19.2. The van der Waals surface area contributed by atoms with Crippen molar-refractivity contribution < 1.29 is 23.5 Å². The van der Waals surface area contributed by atoms with Crippen LogP contribution in [0.2, 0.25) is 0 Å². The van der Waals surface area contributed by atoms with E-state index in [1.807, 2.05) is 22.7 Å². The predicted molar refractivity (Wildman–Crippen MR) is 133 cm³/mol. The number of amides is 2. The summed E-state index contributed by atoms with van der Waals surface area (Å²) in [6.45, 7) is 2.25. The van der Waals surface area contributed by atoms with Gasteiger partial charge in [0.15, 0.2) is 4.96 Å². The van der Waals surface area contributed by atoms with Crippen LogP contribution in [0.25, 0.3) is 16.2 Å². The molecular formula is C25H23F2N5O3S. The molecule has 2 aromatic heterocycles. The van der Waals surface area contributed by atoms with Crippen LogP contribution >= 0.6 is 11.3 Å². The first-order chi connectivity index (χ1) is 17.3. The summed E-state index contributed by atoms with van der Waals surface area (Å²) in [6.07, 6.45) is 1.74. The molecule has 1 aliphatic rings. The molecule has 2 aromatic carbocycles. The minimum atomic E-state index is -0.860. The molecule has 0 fully saturated rings. The highest BCUT2D eigenvalue weighted by atomic mass is 32.1. The van der Waals surface area contributed by atoms with Gasteiger partial charge in [-0.1, -0.05) is 23.5 Å². The molecule has 186 valence electrons. The summed E-state index contributed by atoms with van der Waals surface area (Å²) in [5, 5.41) is 19.9. The van der Waals surface area contributed by atoms with Crippen LogP contribution in [0.5, 0.6) is 0 Å². The number of anilines is 2. The van der Waals surface area contributed by atoms with Crippen molar-refractivity contribution in [1.82, 2.24) is 14.7 Å². The number of imidazole rings is 1. The highest BCUT2D eigenvalue weighted by Crippen LogP contribution is 2.38. The number of nitrogens with zero attached hydrogens (tertiary/aromatic N) is 2. The van der Waals surface area contributed by atoms with Crippen molar-refractivity contribution in [2.75, 3.05) is 17.2 Å². The number of hydrogen-bond acceptors (Lipinski definition) is 6. The number of halogens is 2. The number of fused-ring (bicyclic) bond motifs is 3. The van der Waals surface area contributed by atoms with Gasteiger partial charge in [-0.25, -0.2) is 13.8 Å². The van der Waals surface area contributed by atoms with Crippen molar-refractivity contribution in [1.29, 1.82) is 0 Å². The Bertz CT molecular complexity index is 1430. The lowest BCUT2D eigenvalue weighted by molar-refractivity contribution is -0.125. The first kappa shape index (κ1) is 23.9. The van der Waals surface area contributed by atoms with Crippen molar-refractivity contribution in [2.24, 2.45) is 0 Å². The highest BCUT2D eigenvalue weighted by Gasteiger charge is 2.25. The summed E-state index contributed by atoms with van der Waals surface area (Å²) in [4.78, 5) is 30.2. The summed E-state index contributed by atoms with van der Waals surface area (Å²) >= 11 is 1.49.